The number of nitrogens with zero attached hydrogens (tertiary/aromatic N) is 5. The first-order valence-corrected chi connectivity index (χ1v) is 8.67. The van der Waals surface area contributed by atoms with E-state index in [1.165, 1.54) is 0 Å². The number of hydrogen-bond acceptors (Lipinski definition) is 5. The molecule has 0 spiro atoms. The quantitative estimate of drug-likeness (QED) is 0.904. The lowest BCUT2D eigenvalue weighted by Gasteiger charge is -2.32. The van der Waals surface area contributed by atoms with Gasteiger partial charge in [-0.2, -0.15) is 10.2 Å². The van der Waals surface area contributed by atoms with E-state index in [0.29, 0.717) is 31.9 Å². The molecule has 2 aromatic heterocycles. The summed E-state index contributed by atoms with van der Waals surface area (Å²) >= 11 is 0. The van der Waals surface area contributed by atoms with Gasteiger partial charge in [-0.25, -0.2) is 4.98 Å². The summed E-state index contributed by atoms with van der Waals surface area (Å²) < 4.78 is 7.62. The predicted molar refractivity (Wildman–Crippen MR) is 92.1 cm³/mol. The SMILES string of the molecule is Cc1nn(C)c(C)c1CC(=O)N1CCO[C@@H](c2nc(C(C)C)n[nH]2)C1. The van der Waals surface area contributed by atoms with Gasteiger partial charge in [0, 0.05) is 30.8 Å². The molecular weight excluding hydrogens is 320 g/mol. The smallest absolute Gasteiger partial charge is 0.227 e. The topological polar surface area (TPSA) is 88.9 Å². The summed E-state index contributed by atoms with van der Waals surface area (Å²) in [5.41, 5.74) is 2.96. The van der Waals surface area contributed by atoms with Crippen LogP contribution in [0.5, 0.6) is 0 Å². The van der Waals surface area contributed by atoms with E-state index in [-0.39, 0.29) is 17.9 Å². The maximum atomic E-state index is 12.8. The molecule has 1 aliphatic heterocycles. The van der Waals surface area contributed by atoms with Gasteiger partial charge in [0.1, 0.15) is 6.10 Å². The molecule has 0 saturated carbocycles. The van der Waals surface area contributed by atoms with Crippen LogP contribution in [0.15, 0.2) is 0 Å². The fourth-order valence-electron chi connectivity index (χ4n) is 3.07. The number of H-pyrrole nitrogens is 1. The molecule has 25 heavy (non-hydrogen) atoms. The van der Waals surface area contributed by atoms with Crippen LogP contribution in [0.2, 0.25) is 0 Å². The number of nitrogens with one attached hydrogen (secondary N) is 1. The molecule has 1 fully saturated rings. The number of carbonyl (C=O) groups is 1. The number of aromatic nitrogens is 5. The van der Waals surface area contributed by atoms with Crippen molar-refractivity contribution in [3.8, 4) is 0 Å². The zero-order chi connectivity index (χ0) is 18.1. The molecule has 0 aromatic carbocycles. The first-order chi connectivity index (χ1) is 11.9. The molecule has 1 saturated heterocycles. The fourth-order valence-corrected chi connectivity index (χ4v) is 3.07. The lowest BCUT2D eigenvalue weighted by atomic mass is 10.1. The first-order valence-electron chi connectivity index (χ1n) is 8.67. The molecule has 8 heteroatoms. The molecule has 136 valence electrons. The van der Waals surface area contributed by atoms with E-state index in [1.54, 1.807) is 0 Å². The normalized spacial score (nSPS) is 18.2. The summed E-state index contributed by atoms with van der Waals surface area (Å²) in [5.74, 6) is 1.80. The Hall–Kier alpha value is -2.22. The second-order valence-corrected chi connectivity index (χ2v) is 6.88. The molecule has 1 N–H and O–H groups in total. The van der Waals surface area contributed by atoms with Crippen LogP contribution in [-0.2, 0) is 23.0 Å². The molecular formula is C17H26N6O2. The average molecular weight is 346 g/mol. The monoisotopic (exact) mass is 346 g/mol. The van der Waals surface area contributed by atoms with Crippen molar-refractivity contribution in [1.29, 1.82) is 0 Å². The van der Waals surface area contributed by atoms with Crippen LogP contribution in [0.3, 0.4) is 0 Å². The molecule has 0 aliphatic carbocycles. The third-order valence-corrected chi connectivity index (χ3v) is 4.75. The fraction of sp³-hybridized carbons (Fsp3) is 0.647. The van der Waals surface area contributed by atoms with Crippen molar-refractivity contribution in [3.63, 3.8) is 0 Å². The highest BCUT2D eigenvalue weighted by Crippen LogP contribution is 2.22. The van der Waals surface area contributed by atoms with Crippen LogP contribution >= 0.6 is 0 Å². The number of morpholine rings is 1. The summed E-state index contributed by atoms with van der Waals surface area (Å²) in [4.78, 5) is 19.1. The molecule has 3 rings (SSSR count). The highest BCUT2D eigenvalue weighted by molar-refractivity contribution is 5.79. The van der Waals surface area contributed by atoms with Gasteiger partial charge in [-0.15, -0.1) is 0 Å². The summed E-state index contributed by atoms with van der Waals surface area (Å²) in [5, 5.41) is 11.6. The van der Waals surface area contributed by atoms with Gasteiger partial charge in [-0.1, -0.05) is 13.8 Å². The van der Waals surface area contributed by atoms with Crippen LogP contribution in [0.25, 0.3) is 0 Å². The van der Waals surface area contributed by atoms with Crippen LogP contribution in [0, 0.1) is 13.8 Å². The second-order valence-electron chi connectivity index (χ2n) is 6.88. The standard InChI is InChI=1S/C17H26N6O2/c1-10(2)16-18-17(20-19-16)14-9-23(6-7-25-14)15(24)8-13-11(3)21-22(5)12(13)4/h10,14H,6-9H2,1-5H3,(H,18,19,20)/t14-/m1/s1. The van der Waals surface area contributed by atoms with Crippen molar-refractivity contribution < 1.29 is 9.53 Å². The number of aromatic amines is 1. The van der Waals surface area contributed by atoms with E-state index >= 15 is 0 Å². The van der Waals surface area contributed by atoms with Crippen molar-refractivity contribution in [2.24, 2.45) is 7.05 Å². The Morgan fingerprint density at radius 2 is 2.16 bits per heavy atom. The van der Waals surface area contributed by atoms with Gasteiger partial charge in [0.25, 0.3) is 0 Å². The molecule has 0 radical (unpaired) electrons. The zero-order valence-corrected chi connectivity index (χ0v) is 15.5. The molecule has 1 amide bonds. The highest BCUT2D eigenvalue weighted by Gasteiger charge is 2.28. The third kappa shape index (κ3) is 3.58. The third-order valence-electron chi connectivity index (χ3n) is 4.75. The highest BCUT2D eigenvalue weighted by atomic mass is 16.5. The molecule has 1 aliphatic rings. The lowest BCUT2D eigenvalue weighted by Crippen LogP contribution is -2.43. The van der Waals surface area contributed by atoms with Crippen molar-refractivity contribution in [2.45, 2.75) is 46.1 Å². The van der Waals surface area contributed by atoms with Crippen LogP contribution in [0.1, 0.15) is 54.5 Å². The number of aryl methyl sites for hydroxylation is 2. The summed E-state index contributed by atoms with van der Waals surface area (Å²) in [6.07, 6.45) is 0.111. The van der Waals surface area contributed by atoms with E-state index in [2.05, 4.69) is 20.3 Å². The number of ether oxygens (including phenoxy) is 1. The summed E-state index contributed by atoms with van der Waals surface area (Å²) in [7, 11) is 1.90. The van der Waals surface area contributed by atoms with Gasteiger partial charge in [0.15, 0.2) is 11.6 Å². The molecule has 1 atom stereocenters. The number of rotatable bonds is 4. The predicted octanol–water partition coefficient (Wildman–Crippen LogP) is 1.42. The van der Waals surface area contributed by atoms with Crippen LogP contribution in [0.4, 0.5) is 0 Å². The maximum Gasteiger partial charge on any atom is 0.227 e. The Morgan fingerprint density at radius 3 is 2.76 bits per heavy atom. The first kappa shape index (κ1) is 17.6. The molecule has 0 bridgehead atoms. The second kappa shape index (κ2) is 6.95. The van der Waals surface area contributed by atoms with Crippen molar-refractivity contribution in [2.75, 3.05) is 19.7 Å². The minimum absolute atomic E-state index is 0.0936. The van der Waals surface area contributed by atoms with E-state index in [4.69, 9.17) is 4.74 Å². The lowest BCUT2D eigenvalue weighted by molar-refractivity contribution is -0.138. The Kier molecular flexibility index (Phi) is 4.89. The van der Waals surface area contributed by atoms with Crippen LogP contribution < -0.4 is 0 Å². The van der Waals surface area contributed by atoms with Gasteiger partial charge in [-0.05, 0) is 13.8 Å². The van der Waals surface area contributed by atoms with Crippen molar-refractivity contribution >= 4 is 5.91 Å². The Balaban J connectivity index is 1.69. The molecule has 0 unspecified atom stereocenters. The Bertz CT molecular complexity index is 763. The average Bonchev–Trinajstić information content (AvgIpc) is 3.16. The molecule has 3 heterocycles. The van der Waals surface area contributed by atoms with Crippen molar-refractivity contribution in [1.82, 2.24) is 29.9 Å². The maximum absolute atomic E-state index is 12.8. The summed E-state index contributed by atoms with van der Waals surface area (Å²) in [6.45, 7) is 9.61. The van der Waals surface area contributed by atoms with E-state index in [0.717, 1.165) is 22.8 Å². The van der Waals surface area contributed by atoms with Crippen molar-refractivity contribution in [3.05, 3.63) is 28.6 Å². The van der Waals surface area contributed by atoms with E-state index in [9.17, 15) is 4.79 Å². The Labute approximate surface area is 147 Å². The number of carbonyl (C=O) groups excluding carboxylic acids is 1. The largest absolute Gasteiger partial charge is 0.367 e. The van der Waals surface area contributed by atoms with Gasteiger partial charge < -0.3 is 9.64 Å². The van der Waals surface area contributed by atoms with Gasteiger partial charge in [-0.3, -0.25) is 14.6 Å². The minimum Gasteiger partial charge on any atom is -0.367 e. The van der Waals surface area contributed by atoms with E-state index in [1.807, 2.05) is 44.3 Å². The van der Waals surface area contributed by atoms with Crippen LogP contribution in [-0.4, -0.2) is 55.5 Å². The zero-order valence-electron chi connectivity index (χ0n) is 15.5. The number of amides is 1. The van der Waals surface area contributed by atoms with Gasteiger partial charge >= 0.3 is 0 Å². The molecule has 2 aromatic rings. The van der Waals surface area contributed by atoms with Gasteiger partial charge in [0.2, 0.25) is 5.91 Å². The molecule has 8 nitrogen and oxygen atoms in total. The summed E-state index contributed by atoms with van der Waals surface area (Å²) in [6, 6.07) is 0. The van der Waals surface area contributed by atoms with E-state index < -0.39 is 0 Å². The number of hydrogen-bond donors (Lipinski definition) is 1. The Morgan fingerprint density at radius 1 is 1.40 bits per heavy atom. The minimum atomic E-state index is -0.256. The van der Waals surface area contributed by atoms with Gasteiger partial charge in [0.05, 0.1) is 25.3 Å².